The summed E-state index contributed by atoms with van der Waals surface area (Å²) in [5.41, 5.74) is 8.07. The van der Waals surface area contributed by atoms with Gasteiger partial charge in [0.15, 0.2) is 23.0 Å². The fraction of sp³-hybridized carbons (Fsp3) is 0.0968. The summed E-state index contributed by atoms with van der Waals surface area (Å²) >= 11 is 0. The summed E-state index contributed by atoms with van der Waals surface area (Å²) in [6.45, 7) is 0. The van der Waals surface area contributed by atoms with Crippen LogP contribution in [0.25, 0.3) is 21.8 Å². The molecule has 1 aliphatic rings. The molecular formula is C31H24N2O4. The van der Waals surface area contributed by atoms with Gasteiger partial charge in [-0.1, -0.05) is 48.5 Å². The van der Waals surface area contributed by atoms with Crippen molar-refractivity contribution < 1.29 is 20.1 Å². The van der Waals surface area contributed by atoms with Gasteiger partial charge in [0.2, 0.25) is 0 Å². The van der Waals surface area contributed by atoms with Crippen molar-refractivity contribution in [2.75, 3.05) is 7.11 Å². The van der Waals surface area contributed by atoms with E-state index < -0.39 is 0 Å². The summed E-state index contributed by atoms with van der Waals surface area (Å²) in [5.74, 6) is -0.200. The fourth-order valence-corrected chi connectivity index (χ4v) is 6.01. The molecule has 2 atom stereocenters. The van der Waals surface area contributed by atoms with Crippen molar-refractivity contribution in [1.82, 2.24) is 9.97 Å². The molecule has 0 bridgehead atoms. The molecule has 2 aromatic heterocycles. The third-order valence-electron chi connectivity index (χ3n) is 7.58. The second-order valence-electron chi connectivity index (χ2n) is 9.54. The number of aromatic hydroxyl groups is 3. The minimum Gasteiger partial charge on any atom is -0.504 e. The van der Waals surface area contributed by atoms with Gasteiger partial charge in [-0.25, -0.2) is 0 Å². The molecule has 7 rings (SSSR count). The summed E-state index contributed by atoms with van der Waals surface area (Å²) in [7, 11) is 1.54. The standard InChI is InChI=1S/C31H24N2O4/c1-37-25-13-11-17(15-24(25)36)27-29-19-7-3-5-9-21(19)32-30(29)26(16-10-12-22(34)23(35)14-16)28-18-6-2-4-8-20(18)33-31(27)28/h2-15,26-27,32-36H,1H3. The van der Waals surface area contributed by atoms with Crippen molar-refractivity contribution in [2.24, 2.45) is 0 Å². The molecule has 6 nitrogen and oxygen atoms in total. The van der Waals surface area contributed by atoms with Gasteiger partial charge in [0, 0.05) is 33.2 Å². The van der Waals surface area contributed by atoms with Gasteiger partial charge < -0.3 is 30.0 Å². The number of hydrogen-bond donors (Lipinski definition) is 5. The third-order valence-corrected chi connectivity index (χ3v) is 7.58. The van der Waals surface area contributed by atoms with Gasteiger partial charge in [0.05, 0.1) is 18.9 Å². The predicted octanol–water partition coefficient (Wildman–Crippen LogP) is 6.45. The first-order chi connectivity index (χ1) is 18.0. The maximum atomic E-state index is 10.7. The molecule has 2 heterocycles. The quantitative estimate of drug-likeness (QED) is 0.185. The predicted molar refractivity (Wildman–Crippen MR) is 143 cm³/mol. The van der Waals surface area contributed by atoms with E-state index >= 15 is 0 Å². The Bertz CT molecular complexity index is 1820. The lowest BCUT2D eigenvalue weighted by Gasteiger charge is -2.31. The zero-order valence-corrected chi connectivity index (χ0v) is 20.0. The van der Waals surface area contributed by atoms with Crippen LogP contribution >= 0.6 is 0 Å². The summed E-state index contributed by atoms with van der Waals surface area (Å²) < 4.78 is 5.32. The van der Waals surface area contributed by atoms with Crippen LogP contribution in [0.3, 0.4) is 0 Å². The van der Waals surface area contributed by atoms with E-state index in [2.05, 4.69) is 34.2 Å². The first kappa shape index (κ1) is 21.4. The Morgan fingerprint density at radius 2 is 1.11 bits per heavy atom. The van der Waals surface area contributed by atoms with Crippen molar-refractivity contribution in [2.45, 2.75) is 11.8 Å². The highest BCUT2D eigenvalue weighted by Gasteiger charge is 2.39. The number of benzene rings is 4. The van der Waals surface area contributed by atoms with Crippen molar-refractivity contribution in [1.29, 1.82) is 0 Å². The second kappa shape index (κ2) is 7.83. The van der Waals surface area contributed by atoms with Crippen LogP contribution in [-0.4, -0.2) is 32.4 Å². The molecule has 0 amide bonds. The molecule has 0 fully saturated rings. The molecule has 1 aliphatic carbocycles. The molecular weight excluding hydrogens is 464 g/mol. The highest BCUT2D eigenvalue weighted by molar-refractivity contribution is 5.93. The van der Waals surface area contributed by atoms with Crippen LogP contribution in [0.4, 0.5) is 0 Å². The molecule has 0 aliphatic heterocycles. The SMILES string of the molecule is COc1ccc(C2c3[nH]c4ccccc4c3C(c3ccc(O)c(O)c3)c3[nH]c4ccccc4c32)cc1O. The van der Waals surface area contributed by atoms with Crippen LogP contribution < -0.4 is 4.74 Å². The molecule has 0 spiro atoms. The molecule has 0 saturated carbocycles. The number of phenols is 3. The van der Waals surface area contributed by atoms with E-state index in [1.165, 1.54) is 6.07 Å². The van der Waals surface area contributed by atoms with Crippen LogP contribution in [0, 0.1) is 0 Å². The van der Waals surface area contributed by atoms with E-state index in [9.17, 15) is 15.3 Å². The highest BCUT2D eigenvalue weighted by Crippen LogP contribution is 2.53. The molecule has 4 aromatic carbocycles. The van der Waals surface area contributed by atoms with Gasteiger partial charge in [0.1, 0.15) is 0 Å². The molecule has 6 aromatic rings. The van der Waals surface area contributed by atoms with E-state index in [1.807, 2.05) is 36.4 Å². The molecule has 5 N–H and O–H groups in total. The number of hydrogen-bond acceptors (Lipinski definition) is 4. The zero-order valence-electron chi connectivity index (χ0n) is 20.0. The Morgan fingerprint density at radius 3 is 1.62 bits per heavy atom. The van der Waals surface area contributed by atoms with Gasteiger partial charge in [-0.15, -0.1) is 0 Å². The van der Waals surface area contributed by atoms with Crippen LogP contribution in [0.5, 0.6) is 23.0 Å². The maximum absolute atomic E-state index is 10.7. The Kier molecular flexibility index (Phi) is 4.54. The Hall–Kier alpha value is -4.84. The fourth-order valence-electron chi connectivity index (χ4n) is 6.01. The minimum absolute atomic E-state index is 0.0876. The first-order valence-electron chi connectivity index (χ1n) is 12.1. The summed E-state index contributed by atoms with van der Waals surface area (Å²) in [6, 6.07) is 27.0. The molecule has 6 heteroatoms. The number of para-hydroxylation sites is 2. The van der Waals surface area contributed by atoms with Gasteiger partial charge in [0.25, 0.3) is 0 Å². The van der Waals surface area contributed by atoms with Crippen LogP contribution in [0.1, 0.15) is 45.5 Å². The maximum Gasteiger partial charge on any atom is 0.160 e. The van der Waals surface area contributed by atoms with E-state index in [0.717, 1.165) is 55.4 Å². The number of H-pyrrole nitrogens is 2. The highest BCUT2D eigenvalue weighted by atomic mass is 16.5. The molecule has 37 heavy (non-hydrogen) atoms. The van der Waals surface area contributed by atoms with E-state index in [4.69, 9.17) is 4.74 Å². The van der Waals surface area contributed by atoms with Crippen molar-refractivity contribution in [3.8, 4) is 23.0 Å². The lowest BCUT2D eigenvalue weighted by Crippen LogP contribution is -2.19. The number of aromatic amines is 2. The smallest absolute Gasteiger partial charge is 0.160 e. The largest absolute Gasteiger partial charge is 0.504 e. The van der Waals surface area contributed by atoms with E-state index in [1.54, 1.807) is 25.3 Å². The number of phenolic OH excluding ortho intramolecular Hbond substituents is 3. The van der Waals surface area contributed by atoms with Gasteiger partial charge in [-0.3, -0.25) is 0 Å². The Morgan fingerprint density at radius 1 is 0.595 bits per heavy atom. The minimum atomic E-state index is -0.219. The zero-order chi connectivity index (χ0) is 25.3. The normalized spacial score (nSPS) is 16.6. The summed E-state index contributed by atoms with van der Waals surface area (Å²) in [6.07, 6.45) is 0. The van der Waals surface area contributed by atoms with E-state index in [0.29, 0.717) is 5.75 Å². The number of fused-ring (bicyclic) bond motifs is 6. The van der Waals surface area contributed by atoms with Gasteiger partial charge >= 0.3 is 0 Å². The number of nitrogens with one attached hydrogen (secondary N) is 2. The average molecular weight is 489 g/mol. The molecule has 182 valence electrons. The lowest BCUT2D eigenvalue weighted by atomic mass is 9.72. The molecule has 0 saturated heterocycles. The van der Waals surface area contributed by atoms with Crippen molar-refractivity contribution in [3.63, 3.8) is 0 Å². The lowest BCUT2D eigenvalue weighted by molar-refractivity contribution is 0.373. The number of methoxy groups -OCH3 is 1. The topological polar surface area (TPSA) is 102 Å². The number of ether oxygens (including phenoxy) is 1. The van der Waals surface area contributed by atoms with Crippen LogP contribution in [0.2, 0.25) is 0 Å². The van der Waals surface area contributed by atoms with Gasteiger partial charge in [-0.05, 0) is 58.7 Å². The third kappa shape index (κ3) is 3.05. The van der Waals surface area contributed by atoms with E-state index in [-0.39, 0.29) is 29.1 Å². The number of aromatic nitrogens is 2. The van der Waals surface area contributed by atoms with Crippen LogP contribution in [-0.2, 0) is 0 Å². The average Bonchev–Trinajstić information content (AvgIpc) is 3.48. The first-order valence-corrected chi connectivity index (χ1v) is 12.1. The van der Waals surface area contributed by atoms with Crippen molar-refractivity contribution in [3.05, 3.63) is 119 Å². The van der Waals surface area contributed by atoms with Crippen molar-refractivity contribution >= 4 is 21.8 Å². The summed E-state index contributed by atoms with van der Waals surface area (Å²) in [5, 5.41) is 33.4. The Labute approximate surface area is 212 Å². The molecule has 2 unspecified atom stereocenters. The van der Waals surface area contributed by atoms with Crippen LogP contribution in [0.15, 0.2) is 84.9 Å². The number of rotatable bonds is 3. The monoisotopic (exact) mass is 488 g/mol. The molecule has 0 radical (unpaired) electrons. The second-order valence-corrected chi connectivity index (χ2v) is 9.54. The Balaban J connectivity index is 1.60. The summed E-state index contributed by atoms with van der Waals surface area (Å²) in [4.78, 5) is 7.38. The van der Waals surface area contributed by atoms with Gasteiger partial charge in [-0.2, -0.15) is 0 Å².